The first-order valence-electron chi connectivity index (χ1n) is 6.06. The molecule has 1 heteroatoms. The predicted molar refractivity (Wildman–Crippen MR) is 65.6 cm³/mol. The van der Waals surface area contributed by atoms with Gasteiger partial charge in [0.1, 0.15) is 0 Å². The van der Waals surface area contributed by atoms with Gasteiger partial charge < -0.3 is 5.32 Å². The van der Waals surface area contributed by atoms with Crippen molar-refractivity contribution in [1.82, 2.24) is 5.32 Å². The highest BCUT2D eigenvalue weighted by Gasteiger charge is 2.18. The number of rotatable bonds is 6. The highest BCUT2D eigenvalue weighted by Crippen LogP contribution is 2.24. The molecule has 2 unspecified atom stereocenters. The van der Waals surface area contributed by atoms with Crippen LogP contribution in [0.5, 0.6) is 0 Å². The van der Waals surface area contributed by atoms with E-state index < -0.39 is 0 Å². The van der Waals surface area contributed by atoms with Gasteiger partial charge in [-0.15, -0.1) is 0 Å². The third kappa shape index (κ3) is 7.37. The molecular formula is C13H29N. The zero-order valence-corrected chi connectivity index (χ0v) is 11.0. The lowest BCUT2D eigenvalue weighted by molar-refractivity contribution is 0.281. The normalized spacial score (nSPS) is 16.7. The van der Waals surface area contributed by atoms with Crippen LogP contribution in [0.15, 0.2) is 0 Å². The molecule has 0 radical (unpaired) electrons. The van der Waals surface area contributed by atoms with E-state index in [9.17, 15) is 0 Å². The van der Waals surface area contributed by atoms with Crippen LogP contribution in [0.25, 0.3) is 0 Å². The standard InChI is InChI=1S/C13H29N/c1-7-8-11(2)9-12(14-6)10-13(3,4)5/h11-12,14H,7-10H2,1-6H3. The molecule has 0 aliphatic carbocycles. The quantitative estimate of drug-likeness (QED) is 0.685. The summed E-state index contributed by atoms with van der Waals surface area (Å²) in [6.45, 7) is 11.6. The average Bonchev–Trinajstić information content (AvgIpc) is 2.01. The Morgan fingerprint density at radius 3 is 2.14 bits per heavy atom. The SMILES string of the molecule is CCCC(C)CC(CC(C)(C)C)NC. The minimum atomic E-state index is 0.444. The van der Waals surface area contributed by atoms with Gasteiger partial charge in [0.2, 0.25) is 0 Å². The van der Waals surface area contributed by atoms with Gasteiger partial charge >= 0.3 is 0 Å². The predicted octanol–water partition coefficient (Wildman–Crippen LogP) is 3.84. The third-order valence-electron chi connectivity index (χ3n) is 2.74. The van der Waals surface area contributed by atoms with Crippen molar-refractivity contribution in [3.8, 4) is 0 Å². The molecular weight excluding hydrogens is 170 g/mol. The molecule has 0 fully saturated rings. The first-order chi connectivity index (χ1) is 6.39. The maximum atomic E-state index is 3.45. The second kappa shape index (κ2) is 6.44. The molecule has 86 valence electrons. The maximum absolute atomic E-state index is 3.45. The number of hydrogen-bond acceptors (Lipinski definition) is 1. The molecule has 0 aliphatic heterocycles. The Balaban J connectivity index is 3.90. The first-order valence-corrected chi connectivity index (χ1v) is 6.06. The summed E-state index contributed by atoms with van der Waals surface area (Å²) in [6.07, 6.45) is 5.27. The average molecular weight is 199 g/mol. The van der Waals surface area contributed by atoms with Crippen molar-refractivity contribution in [2.24, 2.45) is 11.3 Å². The fraction of sp³-hybridized carbons (Fsp3) is 1.00. The molecule has 0 aromatic heterocycles. The van der Waals surface area contributed by atoms with Crippen molar-refractivity contribution in [2.75, 3.05) is 7.05 Å². The van der Waals surface area contributed by atoms with E-state index in [0.717, 1.165) is 5.92 Å². The van der Waals surface area contributed by atoms with E-state index in [0.29, 0.717) is 11.5 Å². The van der Waals surface area contributed by atoms with Gasteiger partial charge in [-0.05, 0) is 31.2 Å². The van der Waals surface area contributed by atoms with E-state index in [1.54, 1.807) is 0 Å². The van der Waals surface area contributed by atoms with Crippen LogP contribution in [-0.2, 0) is 0 Å². The first kappa shape index (κ1) is 14.0. The smallest absolute Gasteiger partial charge is 0.00715 e. The Bertz CT molecular complexity index is 135. The molecule has 0 spiro atoms. The van der Waals surface area contributed by atoms with Gasteiger partial charge in [-0.1, -0.05) is 47.5 Å². The van der Waals surface area contributed by atoms with Crippen molar-refractivity contribution in [3.63, 3.8) is 0 Å². The number of nitrogens with one attached hydrogen (secondary N) is 1. The van der Waals surface area contributed by atoms with Crippen molar-refractivity contribution < 1.29 is 0 Å². The molecule has 0 aromatic rings. The summed E-state index contributed by atoms with van der Waals surface area (Å²) in [5.41, 5.74) is 0.444. The maximum Gasteiger partial charge on any atom is 0.00715 e. The van der Waals surface area contributed by atoms with Crippen molar-refractivity contribution in [1.29, 1.82) is 0 Å². The Morgan fingerprint density at radius 2 is 1.79 bits per heavy atom. The molecule has 0 saturated heterocycles. The third-order valence-corrected chi connectivity index (χ3v) is 2.74. The van der Waals surface area contributed by atoms with Crippen LogP contribution in [0, 0.1) is 11.3 Å². The molecule has 0 heterocycles. The molecule has 0 rings (SSSR count). The van der Waals surface area contributed by atoms with E-state index in [1.807, 2.05) is 0 Å². The van der Waals surface area contributed by atoms with E-state index in [-0.39, 0.29) is 0 Å². The second-order valence-corrected chi connectivity index (χ2v) is 5.88. The minimum absolute atomic E-state index is 0.444. The Kier molecular flexibility index (Phi) is 6.43. The highest BCUT2D eigenvalue weighted by molar-refractivity contribution is 4.75. The fourth-order valence-corrected chi connectivity index (χ4v) is 2.14. The van der Waals surface area contributed by atoms with Gasteiger partial charge in [-0.2, -0.15) is 0 Å². The van der Waals surface area contributed by atoms with Gasteiger partial charge in [0, 0.05) is 6.04 Å². The van der Waals surface area contributed by atoms with Gasteiger partial charge in [0.15, 0.2) is 0 Å². The largest absolute Gasteiger partial charge is 0.317 e. The van der Waals surface area contributed by atoms with Crippen molar-refractivity contribution >= 4 is 0 Å². The summed E-state index contributed by atoms with van der Waals surface area (Å²) in [5, 5.41) is 3.45. The Morgan fingerprint density at radius 1 is 1.21 bits per heavy atom. The van der Waals surface area contributed by atoms with E-state index in [2.05, 4.69) is 47.0 Å². The highest BCUT2D eigenvalue weighted by atomic mass is 14.9. The molecule has 1 nitrogen and oxygen atoms in total. The summed E-state index contributed by atoms with van der Waals surface area (Å²) < 4.78 is 0. The monoisotopic (exact) mass is 199 g/mol. The summed E-state index contributed by atoms with van der Waals surface area (Å²) >= 11 is 0. The second-order valence-electron chi connectivity index (χ2n) is 5.88. The van der Waals surface area contributed by atoms with E-state index >= 15 is 0 Å². The van der Waals surface area contributed by atoms with Gasteiger partial charge in [-0.25, -0.2) is 0 Å². The zero-order chi connectivity index (χ0) is 11.2. The van der Waals surface area contributed by atoms with Gasteiger partial charge in [0.25, 0.3) is 0 Å². The van der Waals surface area contributed by atoms with Crippen LogP contribution in [0.1, 0.15) is 60.3 Å². The number of hydrogen-bond donors (Lipinski definition) is 1. The molecule has 2 atom stereocenters. The van der Waals surface area contributed by atoms with E-state index in [1.165, 1.54) is 25.7 Å². The van der Waals surface area contributed by atoms with Gasteiger partial charge in [-0.3, -0.25) is 0 Å². The van der Waals surface area contributed by atoms with E-state index in [4.69, 9.17) is 0 Å². The summed E-state index contributed by atoms with van der Waals surface area (Å²) in [6, 6.07) is 0.691. The molecule has 1 N–H and O–H groups in total. The lowest BCUT2D eigenvalue weighted by Gasteiger charge is -2.27. The molecule has 0 saturated carbocycles. The Hall–Kier alpha value is -0.0400. The van der Waals surface area contributed by atoms with Crippen molar-refractivity contribution in [2.45, 2.75) is 66.3 Å². The van der Waals surface area contributed by atoms with Crippen LogP contribution in [-0.4, -0.2) is 13.1 Å². The van der Waals surface area contributed by atoms with Crippen LogP contribution in [0.2, 0.25) is 0 Å². The molecule has 14 heavy (non-hydrogen) atoms. The molecule has 0 aliphatic rings. The van der Waals surface area contributed by atoms with Crippen LogP contribution >= 0.6 is 0 Å². The Labute approximate surface area is 90.7 Å². The lowest BCUT2D eigenvalue weighted by Crippen LogP contribution is -2.31. The molecule has 0 aromatic carbocycles. The minimum Gasteiger partial charge on any atom is -0.317 e. The fourth-order valence-electron chi connectivity index (χ4n) is 2.14. The van der Waals surface area contributed by atoms with Crippen LogP contribution in [0.3, 0.4) is 0 Å². The summed E-state index contributed by atoms with van der Waals surface area (Å²) in [4.78, 5) is 0. The van der Waals surface area contributed by atoms with Gasteiger partial charge in [0.05, 0.1) is 0 Å². The lowest BCUT2D eigenvalue weighted by atomic mass is 9.84. The zero-order valence-electron chi connectivity index (χ0n) is 11.0. The molecule has 0 bridgehead atoms. The van der Waals surface area contributed by atoms with Crippen LogP contribution < -0.4 is 5.32 Å². The summed E-state index contributed by atoms with van der Waals surface area (Å²) in [7, 11) is 2.09. The van der Waals surface area contributed by atoms with Crippen molar-refractivity contribution in [3.05, 3.63) is 0 Å². The van der Waals surface area contributed by atoms with Crippen LogP contribution in [0.4, 0.5) is 0 Å². The summed E-state index contributed by atoms with van der Waals surface area (Å²) in [5.74, 6) is 0.861. The molecule has 0 amide bonds. The topological polar surface area (TPSA) is 12.0 Å².